The van der Waals surface area contributed by atoms with Gasteiger partial charge in [-0.3, -0.25) is 0 Å². The molecule has 0 amide bonds. The van der Waals surface area contributed by atoms with Crippen LogP contribution >= 0.6 is 0 Å². The number of rotatable bonds is 4. The van der Waals surface area contributed by atoms with Crippen LogP contribution in [0.2, 0.25) is 0 Å². The first kappa shape index (κ1) is 16.0. The first-order valence-electron chi connectivity index (χ1n) is 8.00. The molecule has 0 radical (unpaired) electrons. The number of nitrogens with zero attached hydrogens (tertiary/aromatic N) is 3. The molecule has 1 saturated heterocycles. The van der Waals surface area contributed by atoms with Gasteiger partial charge < -0.3 is 10.1 Å². The molecule has 2 aromatic rings. The van der Waals surface area contributed by atoms with Crippen LogP contribution in [0.15, 0.2) is 30.3 Å². The smallest absolute Gasteiger partial charge is 0.146 e. The van der Waals surface area contributed by atoms with Crippen LogP contribution in [0.3, 0.4) is 0 Å². The van der Waals surface area contributed by atoms with Crippen molar-refractivity contribution in [2.24, 2.45) is 0 Å². The molecule has 1 aromatic heterocycles. The lowest BCUT2D eigenvalue weighted by atomic mass is 9.99. The lowest BCUT2D eigenvalue weighted by Crippen LogP contribution is -2.20. The van der Waals surface area contributed by atoms with Crippen LogP contribution < -0.4 is 5.32 Å². The highest BCUT2D eigenvalue weighted by Gasteiger charge is 2.20. The van der Waals surface area contributed by atoms with Crippen molar-refractivity contribution in [3.05, 3.63) is 47.0 Å². The summed E-state index contributed by atoms with van der Waals surface area (Å²) in [7, 11) is 0. The van der Waals surface area contributed by atoms with Gasteiger partial charge in [-0.15, -0.1) is 0 Å². The molecule has 1 aliphatic rings. The maximum Gasteiger partial charge on any atom is 0.146 e. The highest BCUT2D eigenvalue weighted by Crippen LogP contribution is 2.29. The molecule has 1 fully saturated rings. The van der Waals surface area contributed by atoms with Crippen molar-refractivity contribution >= 4 is 5.82 Å². The van der Waals surface area contributed by atoms with E-state index in [4.69, 9.17) is 4.74 Å². The number of nitrogens with one attached hydrogen (secondary N) is 1. The van der Waals surface area contributed by atoms with Crippen LogP contribution in [-0.2, 0) is 4.74 Å². The fourth-order valence-electron chi connectivity index (χ4n) is 2.95. The number of aromatic nitrogens is 1. The number of nitriles is 2. The number of pyridine rings is 1. The van der Waals surface area contributed by atoms with Gasteiger partial charge in [-0.05, 0) is 25.3 Å². The Labute approximate surface area is 141 Å². The fourth-order valence-corrected chi connectivity index (χ4v) is 2.95. The Kier molecular flexibility index (Phi) is 4.74. The molecular formula is C19H18N4O. The average molecular weight is 318 g/mol. The number of benzene rings is 1. The van der Waals surface area contributed by atoms with Gasteiger partial charge in [0.05, 0.1) is 17.4 Å². The van der Waals surface area contributed by atoms with Crippen molar-refractivity contribution in [2.45, 2.75) is 25.9 Å². The Bertz CT molecular complexity index is 812. The van der Waals surface area contributed by atoms with Crippen molar-refractivity contribution in [1.82, 2.24) is 4.98 Å². The molecule has 0 bridgehead atoms. The summed E-state index contributed by atoms with van der Waals surface area (Å²) in [5.41, 5.74) is 3.05. The first-order valence-corrected chi connectivity index (χ1v) is 8.00. The Hall–Kier alpha value is -2.89. The molecule has 1 aromatic carbocycles. The summed E-state index contributed by atoms with van der Waals surface area (Å²) in [5, 5.41) is 22.2. The molecule has 0 unspecified atom stereocenters. The van der Waals surface area contributed by atoms with Crippen LogP contribution in [0.1, 0.15) is 29.5 Å². The molecule has 5 heteroatoms. The number of anilines is 1. The van der Waals surface area contributed by atoms with Crippen molar-refractivity contribution in [3.8, 4) is 23.4 Å². The maximum absolute atomic E-state index is 9.52. The van der Waals surface area contributed by atoms with Crippen LogP contribution in [-0.4, -0.2) is 24.2 Å². The minimum absolute atomic E-state index is 0.130. The van der Waals surface area contributed by atoms with Gasteiger partial charge in [0.1, 0.15) is 23.5 Å². The molecule has 3 rings (SSSR count). The second kappa shape index (κ2) is 7.12. The van der Waals surface area contributed by atoms with E-state index < -0.39 is 0 Å². The Morgan fingerprint density at radius 3 is 2.58 bits per heavy atom. The predicted molar refractivity (Wildman–Crippen MR) is 91.3 cm³/mol. The summed E-state index contributed by atoms with van der Waals surface area (Å²) in [6.07, 6.45) is 2.18. The monoisotopic (exact) mass is 318 g/mol. The van der Waals surface area contributed by atoms with E-state index in [0.29, 0.717) is 23.5 Å². The van der Waals surface area contributed by atoms with E-state index in [-0.39, 0.29) is 6.10 Å². The van der Waals surface area contributed by atoms with Crippen LogP contribution in [0.5, 0.6) is 0 Å². The molecule has 2 heterocycles. The van der Waals surface area contributed by atoms with Crippen LogP contribution in [0, 0.1) is 29.6 Å². The highest BCUT2D eigenvalue weighted by molar-refractivity contribution is 5.73. The lowest BCUT2D eigenvalue weighted by Gasteiger charge is -2.16. The van der Waals surface area contributed by atoms with Crippen LogP contribution in [0.4, 0.5) is 5.82 Å². The van der Waals surface area contributed by atoms with E-state index in [1.807, 2.05) is 37.3 Å². The van der Waals surface area contributed by atoms with Crippen molar-refractivity contribution in [1.29, 1.82) is 10.5 Å². The minimum Gasteiger partial charge on any atom is -0.376 e. The Morgan fingerprint density at radius 1 is 1.21 bits per heavy atom. The van der Waals surface area contributed by atoms with Crippen molar-refractivity contribution < 1.29 is 4.74 Å². The van der Waals surface area contributed by atoms with Crippen molar-refractivity contribution in [3.63, 3.8) is 0 Å². The molecule has 0 saturated carbocycles. The van der Waals surface area contributed by atoms with E-state index in [1.165, 1.54) is 0 Å². The van der Waals surface area contributed by atoms with Gasteiger partial charge in [-0.25, -0.2) is 4.98 Å². The molecule has 24 heavy (non-hydrogen) atoms. The van der Waals surface area contributed by atoms with Gasteiger partial charge in [0.2, 0.25) is 0 Å². The summed E-state index contributed by atoms with van der Waals surface area (Å²) in [6.45, 7) is 3.19. The average Bonchev–Trinajstić information content (AvgIpc) is 3.14. The molecule has 0 aliphatic carbocycles. The summed E-state index contributed by atoms with van der Waals surface area (Å²) in [5.74, 6) is 0.453. The van der Waals surface area contributed by atoms with E-state index >= 15 is 0 Å². The highest BCUT2D eigenvalue weighted by atomic mass is 16.5. The zero-order chi connectivity index (χ0) is 16.9. The summed E-state index contributed by atoms with van der Waals surface area (Å²) in [6, 6.07) is 14.0. The number of ether oxygens (including phenoxy) is 1. The largest absolute Gasteiger partial charge is 0.376 e. The Morgan fingerprint density at radius 2 is 1.96 bits per heavy atom. The number of hydrogen-bond donors (Lipinski definition) is 1. The van der Waals surface area contributed by atoms with Gasteiger partial charge in [-0.1, -0.05) is 30.3 Å². The third-order valence-electron chi connectivity index (χ3n) is 4.23. The topological polar surface area (TPSA) is 81.7 Å². The fraction of sp³-hybridized carbons (Fsp3) is 0.316. The van der Waals surface area contributed by atoms with Gasteiger partial charge in [0.25, 0.3) is 0 Å². The third-order valence-corrected chi connectivity index (χ3v) is 4.23. The summed E-state index contributed by atoms with van der Waals surface area (Å²) < 4.78 is 5.61. The van der Waals surface area contributed by atoms with Gasteiger partial charge in [-0.2, -0.15) is 10.5 Å². The summed E-state index contributed by atoms with van der Waals surface area (Å²) in [4.78, 5) is 4.64. The summed E-state index contributed by atoms with van der Waals surface area (Å²) >= 11 is 0. The van der Waals surface area contributed by atoms with Gasteiger partial charge in [0, 0.05) is 18.7 Å². The first-order chi connectivity index (χ1) is 11.7. The van der Waals surface area contributed by atoms with Crippen LogP contribution in [0.25, 0.3) is 11.3 Å². The third kappa shape index (κ3) is 3.08. The molecule has 1 aliphatic heterocycles. The quantitative estimate of drug-likeness (QED) is 0.934. The molecule has 120 valence electrons. The zero-order valence-corrected chi connectivity index (χ0v) is 13.5. The second-order valence-corrected chi connectivity index (χ2v) is 5.79. The van der Waals surface area contributed by atoms with E-state index in [1.54, 1.807) is 0 Å². The zero-order valence-electron chi connectivity index (χ0n) is 13.5. The van der Waals surface area contributed by atoms with Crippen molar-refractivity contribution in [2.75, 3.05) is 18.5 Å². The second-order valence-electron chi connectivity index (χ2n) is 5.79. The molecule has 5 nitrogen and oxygen atoms in total. The predicted octanol–water partition coefficient (Wildman–Crippen LogP) is 3.39. The lowest BCUT2D eigenvalue weighted by molar-refractivity contribution is 0.120. The van der Waals surface area contributed by atoms with Gasteiger partial charge >= 0.3 is 0 Å². The normalized spacial score (nSPS) is 16.4. The van der Waals surface area contributed by atoms with E-state index in [2.05, 4.69) is 22.4 Å². The molecule has 1 N–H and O–H groups in total. The SMILES string of the molecule is Cc1c(-c2ccccc2)nc(NC[C@H]2CCCO2)c(C#N)c1C#N. The number of hydrogen-bond acceptors (Lipinski definition) is 5. The molecular weight excluding hydrogens is 300 g/mol. The molecule has 1 atom stereocenters. The maximum atomic E-state index is 9.52. The van der Waals surface area contributed by atoms with Gasteiger partial charge in [0.15, 0.2) is 0 Å². The van der Waals surface area contributed by atoms with E-state index in [0.717, 1.165) is 36.3 Å². The minimum atomic E-state index is 0.130. The standard InChI is InChI=1S/C19H18N4O/c1-13-16(10-20)17(11-21)19(22-12-15-8-5-9-24-15)23-18(13)14-6-3-2-4-7-14/h2-4,6-7,15H,5,8-9,12H2,1H3,(H,22,23)/t15-/m1/s1. The van der Waals surface area contributed by atoms with E-state index in [9.17, 15) is 10.5 Å². The molecule has 0 spiro atoms. The Balaban J connectivity index is 2.03.